The van der Waals surface area contributed by atoms with E-state index in [0.29, 0.717) is 31.3 Å². The number of esters is 1. The second-order valence-corrected chi connectivity index (χ2v) is 11.2. The molecule has 6 heteroatoms. The molecule has 4 rings (SSSR count). The summed E-state index contributed by atoms with van der Waals surface area (Å²) in [5.74, 6) is -0.922. The highest BCUT2D eigenvalue weighted by Gasteiger charge is 2.70. The first-order chi connectivity index (χ1) is 13.5. The second kappa shape index (κ2) is 6.74. The Bertz CT molecular complexity index is 822. The van der Waals surface area contributed by atoms with Crippen molar-refractivity contribution in [1.29, 1.82) is 0 Å². The molecule has 1 N–H and O–H groups in total. The van der Waals surface area contributed by atoms with E-state index >= 15 is 0 Å². The smallest absolute Gasteiger partial charge is 0.305 e. The molecule has 0 aromatic rings. The molecule has 3 saturated carbocycles. The highest BCUT2D eigenvalue weighted by molar-refractivity contribution is 9.10. The number of fused-ring (bicyclic) bond motifs is 5. The lowest BCUT2D eigenvalue weighted by molar-refractivity contribution is -0.166. The maximum Gasteiger partial charge on any atom is 0.305 e. The van der Waals surface area contributed by atoms with Gasteiger partial charge in [-0.2, -0.15) is 0 Å². The van der Waals surface area contributed by atoms with Gasteiger partial charge in [-0.25, -0.2) is 4.39 Å². The molecular weight excluding hydrogens is 439 g/mol. The van der Waals surface area contributed by atoms with E-state index in [4.69, 9.17) is 4.74 Å². The lowest BCUT2D eigenvalue weighted by Crippen LogP contribution is -2.66. The third kappa shape index (κ3) is 2.63. The van der Waals surface area contributed by atoms with Gasteiger partial charge in [0, 0.05) is 17.3 Å². The third-order valence-electron chi connectivity index (χ3n) is 8.51. The number of hydrogen-bond acceptors (Lipinski definition) is 4. The Hall–Kier alpha value is -1.01. The van der Waals surface area contributed by atoms with Crippen LogP contribution in [0.25, 0.3) is 0 Å². The minimum absolute atomic E-state index is 0.0865. The predicted molar refractivity (Wildman–Crippen MR) is 111 cm³/mol. The predicted octanol–water partition coefficient (Wildman–Crippen LogP) is 4.65. The summed E-state index contributed by atoms with van der Waals surface area (Å²) >= 11 is 3.93. The summed E-state index contributed by atoms with van der Waals surface area (Å²) in [6.45, 7) is 7.99. The van der Waals surface area contributed by atoms with Crippen molar-refractivity contribution in [1.82, 2.24) is 0 Å². The van der Waals surface area contributed by atoms with Gasteiger partial charge in [-0.15, -0.1) is 0 Å². The van der Waals surface area contributed by atoms with Crippen LogP contribution in [0.5, 0.6) is 0 Å². The molecule has 0 aromatic heterocycles. The summed E-state index contributed by atoms with van der Waals surface area (Å²) in [5, 5.41) is 11.5. The number of allylic oxidation sites excluding steroid dienone is 4. The van der Waals surface area contributed by atoms with Crippen molar-refractivity contribution in [2.75, 3.05) is 0 Å². The number of aliphatic hydroxyl groups excluding tert-OH is 1. The number of alkyl halides is 1. The van der Waals surface area contributed by atoms with Crippen molar-refractivity contribution < 1.29 is 23.8 Å². The lowest BCUT2D eigenvalue weighted by Gasteiger charge is -2.63. The van der Waals surface area contributed by atoms with Gasteiger partial charge < -0.3 is 9.84 Å². The van der Waals surface area contributed by atoms with Crippen molar-refractivity contribution in [3.63, 3.8) is 0 Å². The second-order valence-electron chi connectivity index (χ2n) is 9.91. The number of aliphatic hydroxyl groups is 1. The Morgan fingerprint density at radius 2 is 2.07 bits per heavy atom. The first kappa shape index (κ1) is 21.2. The van der Waals surface area contributed by atoms with E-state index in [1.54, 1.807) is 13.0 Å². The molecule has 4 aliphatic rings. The molecule has 0 heterocycles. The number of ketones is 1. The molecule has 0 bridgehead atoms. The average molecular weight is 469 g/mol. The first-order valence-corrected chi connectivity index (χ1v) is 11.5. The molecule has 0 saturated heterocycles. The maximum absolute atomic E-state index is 14.8. The van der Waals surface area contributed by atoms with E-state index in [1.165, 1.54) is 6.08 Å². The lowest BCUT2D eigenvalue weighted by atomic mass is 9.47. The third-order valence-corrected chi connectivity index (χ3v) is 10.4. The molecule has 3 fully saturated rings. The maximum atomic E-state index is 14.8. The van der Waals surface area contributed by atoms with Crippen LogP contribution in [-0.4, -0.2) is 33.4 Å². The minimum Gasteiger partial charge on any atom is -0.461 e. The van der Waals surface area contributed by atoms with Gasteiger partial charge in [-0.3, -0.25) is 9.59 Å². The average Bonchev–Trinajstić information content (AvgIpc) is 2.90. The highest BCUT2D eigenvalue weighted by atomic mass is 79.9. The van der Waals surface area contributed by atoms with E-state index in [2.05, 4.69) is 29.8 Å². The van der Waals surface area contributed by atoms with Crippen LogP contribution in [0, 0.1) is 28.6 Å². The highest BCUT2D eigenvalue weighted by Crippen LogP contribution is 2.70. The van der Waals surface area contributed by atoms with Crippen molar-refractivity contribution in [2.45, 2.75) is 76.3 Å². The Morgan fingerprint density at radius 1 is 1.38 bits per heavy atom. The fraction of sp³-hybridized carbons (Fsp3) is 0.739. The molecule has 0 unspecified atom stereocenters. The Kier molecular flexibility index (Phi) is 4.94. The SMILES string of the molecule is CCC(=O)O[C@@H]1[C@H](C)C[C@H]2[C@@H]3CCC4=C(F)C(=O)C=C[C@]4(C)[C@@]3(Br)[C@@H](O)C[C@]12C. The van der Waals surface area contributed by atoms with Crippen LogP contribution in [0.3, 0.4) is 0 Å². The molecule has 0 amide bonds. The van der Waals surface area contributed by atoms with Gasteiger partial charge in [0.25, 0.3) is 0 Å². The molecular formula is C23H30BrFO4. The summed E-state index contributed by atoms with van der Waals surface area (Å²) in [5.41, 5.74) is -0.591. The number of rotatable bonds is 2. The number of carbonyl (C=O) groups is 2. The molecule has 160 valence electrons. The van der Waals surface area contributed by atoms with Gasteiger partial charge in [0.1, 0.15) is 6.10 Å². The van der Waals surface area contributed by atoms with Crippen LogP contribution in [0.2, 0.25) is 0 Å². The number of halogens is 2. The molecule has 0 aromatic carbocycles. The molecule has 8 atom stereocenters. The number of carbonyl (C=O) groups excluding carboxylic acids is 2. The Morgan fingerprint density at radius 3 is 2.72 bits per heavy atom. The van der Waals surface area contributed by atoms with Gasteiger partial charge in [0.2, 0.25) is 5.78 Å². The van der Waals surface area contributed by atoms with Crippen LogP contribution >= 0.6 is 15.9 Å². The van der Waals surface area contributed by atoms with Gasteiger partial charge in [0.15, 0.2) is 5.83 Å². The van der Waals surface area contributed by atoms with Crippen LogP contribution < -0.4 is 0 Å². The first-order valence-electron chi connectivity index (χ1n) is 10.7. The summed E-state index contributed by atoms with van der Waals surface area (Å²) in [6, 6.07) is 0. The zero-order chi connectivity index (χ0) is 21.4. The topological polar surface area (TPSA) is 63.6 Å². The van der Waals surface area contributed by atoms with Gasteiger partial charge in [-0.1, -0.05) is 49.7 Å². The fourth-order valence-corrected chi connectivity index (χ4v) is 8.17. The molecule has 0 spiro atoms. The normalized spacial score (nSPS) is 48.8. The molecule has 29 heavy (non-hydrogen) atoms. The van der Waals surface area contributed by atoms with E-state index in [1.807, 2.05) is 6.92 Å². The largest absolute Gasteiger partial charge is 0.461 e. The number of hydrogen-bond donors (Lipinski definition) is 1. The molecule has 4 nitrogen and oxygen atoms in total. The monoisotopic (exact) mass is 468 g/mol. The standard InChI is InChI=1S/C23H30BrFO4/c1-5-18(28)29-20-12(2)10-15-13-6-7-14-19(25)16(26)8-9-22(14,4)23(13,24)17(27)11-21(15,20)3/h8-9,12-13,15,17,20,27H,5-7,10-11H2,1-4H3/t12-,13+,15+,17+,20-,21+,22+,23+/m1/s1. The van der Waals surface area contributed by atoms with Gasteiger partial charge in [-0.05, 0) is 55.1 Å². The van der Waals surface area contributed by atoms with Crippen molar-refractivity contribution in [3.8, 4) is 0 Å². The van der Waals surface area contributed by atoms with Crippen molar-refractivity contribution in [2.24, 2.45) is 28.6 Å². The number of ether oxygens (including phenoxy) is 1. The summed E-state index contributed by atoms with van der Waals surface area (Å²) in [7, 11) is 0. The zero-order valence-electron chi connectivity index (χ0n) is 17.5. The molecule has 0 aliphatic heterocycles. The quantitative estimate of drug-likeness (QED) is 0.473. The van der Waals surface area contributed by atoms with Crippen LogP contribution in [0.4, 0.5) is 4.39 Å². The molecule has 4 aliphatic carbocycles. The Balaban J connectivity index is 1.77. The zero-order valence-corrected chi connectivity index (χ0v) is 19.1. The van der Waals surface area contributed by atoms with E-state index in [-0.39, 0.29) is 35.2 Å². The van der Waals surface area contributed by atoms with Crippen molar-refractivity contribution in [3.05, 3.63) is 23.6 Å². The summed E-state index contributed by atoms with van der Waals surface area (Å²) < 4.78 is 19.9. The van der Waals surface area contributed by atoms with Crippen LogP contribution in [0.1, 0.15) is 59.8 Å². The minimum atomic E-state index is -0.768. The van der Waals surface area contributed by atoms with Crippen LogP contribution in [-0.2, 0) is 14.3 Å². The summed E-state index contributed by atoms with van der Waals surface area (Å²) in [6.07, 6.45) is 5.03. The Labute approximate surface area is 180 Å². The van der Waals surface area contributed by atoms with E-state index in [0.717, 1.165) is 6.42 Å². The van der Waals surface area contributed by atoms with Gasteiger partial charge >= 0.3 is 5.97 Å². The van der Waals surface area contributed by atoms with E-state index in [9.17, 15) is 19.1 Å². The fourth-order valence-electron chi connectivity index (χ4n) is 7.09. The van der Waals surface area contributed by atoms with Crippen LogP contribution in [0.15, 0.2) is 23.6 Å². The molecule has 0 radical (unpaired) electrons. The summed E-state index contributed by atoms with van der Waals surface area (Å²) in [4.78, 5) is 24.0. The van der Waals surface area contributed by atoms with E-state index < -0.39 is 27.5 Å². The van der Waals surface area contributed by atoms with Crippen molar-refractivity contribution >= 4 is 27.7 Å². The van der Waals surface area contributed by atoms with Gasteiger partial charge in [0.05, 0.1) is 10.4 Å².